The van der Waals surface area contributed by atoms with Gasteiger partial charge in [0.2, 0.25) is 0 Å². The van der Waals surface area contributed by atoms with E-state index in [1.807, 2.05) is 6.07 Å². The predicted molar refractivity (Wildman–Crippen MR) is 48.4 cm³/mol. The largest absolute Gasteiger partial charge is 0.397 e. The van der Waals surface area contributed by atoms with Gasteiger partial charge >= 0.3 is 0 Å². The van der Waals surface area contributed by atoms with Crippen LogP contribution in [0.5, 0.6) is 0 Å². The maximum Gasteiger partial charge on any atom is 0.126 e. The van der Waals surface area contributed by atoms with Crippen LogP contribution in [0.1, 0.15) is 0 Å². The van der Waals surface area contributed by atoms with E-state index in [-0.39, 0.29) is 0 Å². The first-order valence-corrected chi connectivity index (χ1v) is 3.54. The third kappa shape index (κ3) is 0.934. The lowest BCUT2D eigenvalue weighted by molar-refractivity contribution is 1.34. The number of rotatable bonds is 0. The minimum atomic E-state index is 0.424. The van der Waals surface area contributed by atoms with E-state index in [4.69, 9.17) is 11.5 Å². The third-order valence-electron chi connectivity index (χ3n) is 1.61. The normalized spacial score (nSPS) is 10.3. The molecule has 2 aromatic heterocycles. The van der Waals surface area contributed by atoms with Crippen LogP contribution in [0.2, 0.25) is 0 Å². The smallest absolute Gasteiger partial charge is 0.126 e. The van der Waals surface area contributed by atoms with Crippen molar-refractivity contribution < 1.29 is 0 Å². The van der Waals surface area contributed by atoms with Gasteiger partial charge in [-0.25, -0.2) is 4.98 Å². The molecule has 2 heterocycles. The van der Waals surface area contributed by atoms with Crippen molar-refractivity contribution in [1.82, 2.24) is 9.97 Å². The Labute approximate surface area is 69.2 Å². The van der Waals surface area contributed by atoms with Crippen LogP contribution in [0.15, 0.2) is 24.4 Å². The highest BCUT2D eigenvalue weighted by Gasteiger charge is 2.00. The molecule has 4 N–H and O–H groups in total. The summed E-state index contributed by atoms with van der Waals surface area (Å²) in [4.78, 5) is 8.15. The monoisotopic (exact) mass is 160 g/mol. The number of nitrogens with two attached hydrogens (primary N) is 2. The van der Waals surface area contributed by atoms with Gasteiger partial charge in [-0.05, 0) is 12.1 Å². The summed E-state index contributed by atoms with van der Waals surface area (Å²) in [6, 6.07) is 5.23. The minimum Gasteiger partial charge on any atom is -0.397 e. The van der Waals surface area contributed by atoms with E-state index >= 15 is 0 Å². The highest BCUT2D eigenvalue weighted by molar-refractivity contribution is 5.87. The number of pyridine rings is 2. The van der Waals surface area contributed by atoms with E-state index in [1.54, 1.807) is 18.3 Å². The lowest BCUT2D eigenvalue weighted by Gasteiger charge is -2.00. The summed E-state index contributed by atoms with van der Waals surface area (Å²) in [5.41, 5.74) is 13.2. The van der Waals surface area contributed by atoms with Crippen LogP contribution >= 0.6 is 0 Å². The van der Waals surface area contributed by atoms with Gasteiger partial charge in [-0.3, -0.25) is 4.98 Å². The van der Waals surface area contributed by atoms with E-state index in [1.165, 1.54) is 0 Å². The second-order valence-corrected chi connectivity index (χ2v) is 2.51. The zero-order valence-corrected chi connectivity index (χ0v) is 6.36. The second-order valence-electron chi connectivity index (χ2n) is 2.51. The van der Waals surface area contributed by atoms with Crippen molar-refractivity contribution in [3.63, 3.8) is 0 Å². The van der Waals surface area contributed by atoms with Crippen molar-refractivity contribution >= 4 is 22.5 Å². The summed E-state index contributed by atoms with van der Waals surface area (Å²) in [5.74, 6) is 0.424. The van der Waals surface area contributed by atoms with Crippen molar-refractivity contribution in [1.29, 1.82) is 0 Å². The third-order valence-corrected chi connectivity index (χ3v) is 1.61. The standard InChI is InChI=1S/C8H8N4/c9-5-4-7(10)12-6-2-1-3-11-8(5)6/h1-4H,(H4,9,10,12). The lowest BCUT2D eigenvalue weighted by atomic mass is 10.3. The maximum absolute atomic E-state index is 5.67. The number of nitrogen functional groups attached to an aromatic ring is 2. The van der Waals surface area contributed by atoms with Crippen LogP contribution in [-0.4, -0.2) is 9.97 Å². The molecular formula is C8H8N4. The molecule has 0 aliphatic heterocycles. The molecule has 0 aliphatic carbocycles. The van der Waals surface area contributed by atoms with E-state index in [0.29, 0.717) is 17.0 Å². The SMILES string of the molecule is Nc1cc(N)c2ncccc2n1. The molecule has 12 heavy (non-hydrogen) atoms. The van der Waals surface area contributed by atoms with E-state index in [0.717, 1.165) is 5.52 Å². The molecular weight excluding hydrogens is 152 g/mol. The number of anilines is 2. The summed E-state index contributed by atoms with van der Waals surface area (Å²) >= 11 is 0. The van der Waals surface area contributed by atoms with Gasteiger partial charge in [-0.15, -0.1) is 0 Å². The highest BCUT2D eigenvalue weighted by Crippen LogP contribution is 2.17. The number of aromatic nitrogens is 2. The van der Waals surface area contributed by atoms with Crippen LogP contribution in [0, 0.1) is 0 Å². The molecule has 0 radical (unpaired) electrons. The first-order valence-electron chi connectivity index (χ1n) is 3.54. The van der Waals surface area contributed by atoms with Gasteiger partial charge < -0.3 is 11.5 Å². The fourth-order valence-corrected chi connectivity index (χ4v) is 1.11. The molecule has 0 bridgehead atoms. The molecule has 0 saturated carbocycles. The fourth-order valence-electron chi connectivity index (χ4n) is 1.11. The number of fused-ring (bicyclic) bond motifs is 1. The molecule has 0 unspecified atom stereocenters. The Kier molecular flexibility index (Phi) is 1.33. The Hall–Kier alpha value is -1.84. The molecule has 0 fully saturated rings. The molecule has 0 atom stereocenters. The van der Waals surface area contributed by atoms with Crippen LogP contribution < -0.4 is 11.5 Å². The molecule has 4 nitrogen and oxygen atoms in total. The Morgan fingerprint density at radius 2 is 2.08 bits per heavy atom. The molecule has 0 amide bonds. The number of hydrogen-bond acceptors (Lipinski definition) is 4. The van der Waals surface area contributed by atoms with E-state index in [2.05, 4.69) is 9.97 Å². The number of nitrogens with zero attached hydrogens (tertiary/aromatic N) is 2. The summed E-state index contributed by atoms with van der Waals surface area (Å²) in [6.45, 7) is 0. The van der Waals surface area contributed by atoms with Gasteiger partial charge in [0, 0.05) is 12.3 Å². The van der Waals surface area contributed by atoms with Gasteiger partial charge in [0.15, 0.2) is 0 Å². The van der Waals surface area contributed by atoms with Crippen molar-refractivity contribution in [3.05, 3.63) is 24.4 Å². The van der Waals surface area contributed by atoms with Gasteiger partial charge in [0.25, 0.3) is 0 Å². The van der Waals surface area contributed by atoms with Crippen molar-refractivity contribution in [2.24, 2.45) is 0 Å². The van der Waals surface area contributed by atoms with Crippen LogP contribution in [0.25, 0.3) is 11.0 Å². The fraction of sp³-hybridized carbons (Fsp3) is 0. The molecule has 60 valence electrons. The minimum absolute atomic E-state index is 0.424. The highest BCUT2D eigenvalue weighted by atomic mass is 14.9. The Balaban J connectivity index is 2.89. The zero-order valence-electron chi connectivity index (χ0n) is 6.36. The zero-order chi connectivity index (χ0) is 8.55. The van der Waals surface area contributed by atoms with E-state index < -0.39 is 0 Å². The lowest BCUT2D eigenvalue weighted by Crippen LogP contribution is -1.96. The van der Waals surface area contributed by atoms with Gasteiger partial charge in [-0.1, -0.05) is 0 Å². The van der Waals surface area contributed by atoms with Crippen LogP contribution in [0.4, 0.5) is 11.5 Å². The van der Waals surface area contributed by atoms with Gasteiger partial charge in [0.05, 0.1) is 11.2 Å². The maximum atomic E-state index is 5.67. The van der Waals surface area contributed by atoms with Crippen LogP contribution in [0.3, 0.4) is 0 Å². The summed E-state index contributed by atoms with van der Waals surface area (Å²) in [6.07, 6.45) is 1.68. The Morgan fingerprint density at radius 3 is 2.92 bits per heavy atom. The average molecular weight is 160 g/mol. The molecule has 0 spiro atoms. The Morgan fingerprint density at radius 1 is 1.25 bits per heavy atom. The average Bonchev–Trinajstić information content (AvgIpc) is 2.04. The molecule has 0 aliphatic rings. The summed E-state index contributed by atoms with van der Waals surface area (Å²) < 4.78 is 0. The summed E-state index contributed by atoms with van der Waals surface area (Å²) in [5, 5.41) is 0. The Bertz CT molecular complexity index is 424. The summed E-state index contributed by atoms with van der Waals surface area (Å²) in [7, 11) is 0. The van der Waals surface area contributed by atoms with Crippen LogP contribution in [-0.2, 0) is 0 Å². The van der Waals surface area contributed by atoms with Crippen molar-refractivity contribution in [2.75, 3.05) is 11.5 Å². The first kappa shape index (κ1) is 6.84. The van der Waals surface area contributed by atoms with Crippen molar-refractivity contribution in [2.45, 2.75) is 0 Å². The van der Waals surface area contributed by atoms with Gasteiger partial charge in [0.1, 0.15) is 11.3 Å². The molecule has 2 aromatic rings. The topological polar surface area (TPSA) is 77.8 Å². The molecule has 4 heteroatoms. The quantitative estimate of drug-likeness (QED) is 0.597. The predicted octanol–water partition coefficient (Wildman–Crippen LogP) is 0.794. The molecule has 2 rings (SSSR count). The second kappa shape index (κ2) is 2.34. The van der Waals surface area contributed by atoms with Gasteiger partial charge in [-0.2, -0.15) is 0 Å². The molecule has 0 aromatic carbocycles. The number of hydrogen-bond donors (Lipinski definition) is 2. The molecule has 0 saturated heterocycles. The van der Waals surface area contributed by atoms with E-state index in [9.17, 15) is 0 Å². The first-order chi connectivity index (χ1) is 5.77. The van der Waals surface area contributed by atoms with Crippen molar-refractivity contribution in [3.8, 4) is 0 Å².